The molecule has 0 bridgehead atoms. The monoisotopic (exact) mass is 262 g/mol. The molecule has 0 heterocycles. The number of ether oxygens (including phenoxy) is 1. The third-order valence-electron chi connectivity index (χ3n) is 4.59. The molecule has 1 unspecified atom stereocenters. The van der Waals surface area contributed by atoms with Gasteiger partial charge in [0, 0.05) is 5.56 Å². The second kappa shape index (κ2) is 6.92. The number of nitrogens with two attached hydrogens (primary N) is 1. The molecule has 0 spiro atoms. The molecule has 19 heavy (non-hydrogen) atoms. The number of benzene rings is 1. The van der Waals surface area contributed by atoms with E-state index in [0.29, 0.717) is 5.92 Å². The quantitative estimate of drug-likeness (QED) is 0.631. The Hall–Kier alpha value is -1.06. The topological polar surface area (TPSA) is 47.3 Å². The van der Waals surface area contributed by atoms with Gasteiger partial charge in [-0.3, -0.25) is 11.3 Å². The molecule has 0 aromatic heterocycles. The molecule has 1 aromatic rings. The number of hydrogen-bond donors (Lipinski definition) is 2. The van der Waals surface area contributed by atoms with Crippen molar-refractivity contribution < 1.29 is 4.74 Å². The van der Waals surface area contributed by atoms with Gasteiger partial charge in [0.25, 0.3) is 0 Å². The Kier molecular flexibility index (Phi) is 5.23. The minimum atomic E-state index is 0.203. The Bertz CT molecular complexity index is 386. The first-order valence-corrected chi connectivity index (χ1v) is 7.39. The van der Waals surface area contributed by atoms with Gasteiger partial charge in [0.05, 0.1) is 13.2 Å². The van der Waals surface area contributed by atoms with Crippen molar-refractivity contribution in [1.82, 2.24) is 5.43 Å². The van der Waals surface area contributed by atoms with Gasteiger partial charge in [-0.15, -0.1) is 0 Å². The Morgan fingerprint density at radius 3 is 2.53 bits per heavy atom. The Morgan fingerprint density at radius 1 is 1.26 bits per heavy atom. The van der Waals surface area contributed by atoms with Crippen molar-refractivity contribution in [1.29, 1.82) is 0 Å². The fourth-order valence-corrected chi connectivity index (χ4v) is 3.33. The lowest BCUT2D eigenvalue weighted by molar-refractivity contribution is 0.216. The highest BCUT2D eigenvalue weighted by Gasteiger charge is 2.28. The molecule has 3 heteroatoms. The predicted octanol–water partition coefficient (Wildman–Crippen LogP) is 3.42. The van der Waals surface area contributed by atoms with Gasteiger partial charge in [-0.1, -0.05) is 44.4 Å². The van der Waals surface area contributed by atoms with Crippen LogP contribution in [0.1, 0.15) is 50.6 Å². The van der Waals surface area contributed by atoms with Gasteiger partial charge in [-0.25, -0.2) is 0 Å². The van der Waals surface area contributed by atoms with Gasteiger partial charge < -0.3 is 4.74 Å². The molecular formula is C16H26N2O. The van der Waals surface area contributed by atoms with Crippen molar-refractivity contribution in [2.45, 2.75) is 45.1 Å². The van der Waals surface area contributed by atoms with Crippen LogP contribution < -0.4 is 16.0 Å². The smallest absolute Gasteiger partial charge is 0.123 e. The van der Waals surface area contributed by atoms with E-state index in [2.05, 4.69) is 24.5 Å². The summed E-state index contributed by atoms with van der Waals surface area (Å²) in [7, 11) is 1.72. The number of para-hydroxylation sites is 1. The number of hydrazine groups is 1. The van der Waals surface area contributed by atoms with E-state index in [0.717, 1.165) is 11.7 Å². The third kappa shape index (κ3) is 3.28. The third-order valence-corrected chi connectivity index (χ3v) is 4.59. The molecule has 1 atom stereocenters. The maximum atomic E-state index is 5.82. The molecule has 0 aliphatic heterocycles. The Labute approximate surface area is 116 Å². The van der Waals surface area contributed by atoms with E-state index in [1.807, 2.05) is 12.1 Å². The van der Waals surface area contributed by atoms with Gasteiger partial charge in [-0.2, -0.15) is 0 Å². The zero-order valence-corrected chi connectivity index (χ0v) is 12.1. The lowest BCUT2D eigenvalue weighted by Gasteiger charge is -2.34. The number of rotatable bonds is 5. The van der Waals surface area contributed by atoms with Crippen molar-refractivity contribution in [3.05, 3.63) is 29.8 Å². The zero-order chi connectivity index (χ0) is 13.7. The van der Waals surface area contributed by atoms with E-state index in [1.54, 1.807) is 7.11 Å². The van der Waals surface area contributed by atoms with Crippen LogP contribution >= 0.6 is 0 Å². The van der Waals surface area contributed by atoms with Crippen LogP contribution in [0.4, 0.5) is 0 Å². The van der Waals surface area contributed by atoms with Gasteiger partial charge in [0.1, 0.15) is 5.75 Å². The number of nitrogens with one attached hydrogen (secondary N) is 1. The van der Waals surface area contributed by atoms with Crippen LogP contribution in [0.2, 0.25) is 0 Å². The van der Waals surface area contributed by atoms with Crippen molar-refractivity contribution in [3.63, 3.8) is 0 Å². The maximum Gasteiger partial charge on any atom is 0.123 e. The summed E-state index contributed by atoms with van der Waals surface area (Å²) in [6.45, 7) is 2.30. The average Bonchev–Trinajstić information content (AvgIpc) is 2.49. The second-order valence-electron chi connectivity index (χ2n) is 5.58. The van der Waals surface area contributed by atoms with Gasteiger partial charge in [-0.05, 0) is 30.7 Å². The van der Waals surface area contributed by atoms with Crippen molar-refractivity contribution in [2.75, 3.05) is 7.11 Å². The standard InChI is InChI=1S/C16H26N2O/c1-3-12-8-10-13(11-9-12)16(18-17)14-6-4-5-7-15(14)19-2/h4-7,12-13,16,18H,3,8-11,17H2,1-2H3. The summed E-state index contributed by atoms with van der Waals surface area (Å²) in [6.07, 6.45) is 6.47. The summed E-state index contributed by atoms with van der Waals surface area (Å²) < 4.78 is 5.47. The Morgan fingerprint density at radius 2 is 1.95 bits per heavy atom. The average molecular weight is 262 g/mol. The van der Waals surface area contributed by atoms with Crippen LogP contribution in [-0.4, -0.2) is 7.11 Å². The number of methoxy groups -OCH3 is 1. The van der Waals surface area contributed by atoms with E-state index >= 15 is 0 Å². The van der Waals surface area contributed by atoms with Crippen molar-refractivity contribution in [3.8, 4) is 5.75 Å². The Balaban J connectivity index is 2.12. The fourth-order valence-electron chi connectivity index (χ4n) is 3.33. The van der Waals surface area contributed by atoms with Crippen LogP contribution in [0.5, 0.6) is 5.75 Å². The first-order chi connectivity index (χ1) is 9.30. The second-order valence-corrected chi connectivity index (χ2v) is 5.58. The van der Waals surface area contributed by atoms with Crippen LogP contribution in [-0.2, 0) is 0 Å². The minimum Gasteiger partial charge on any atom is -0.496 e. The van der Waals surface area contributed by atoms with E-state index < -0.39 is 0 Å². The summed E-state index contributed by atoms with van der Waals surface area (Å²) >= 11 is 0. The molecule has 3 N–H and O–H groups in total. The SMILES string of the molecule is CCC1CCC(C(NN)c2ccccc2OC)CC1. The highest BCUT2D eigenvalue weighted by molar-refractivity contribution is 5.36. The van der Waals surface area contributed by atoms with Gasteiger partial charge >= 0.3 is 0 Å². The van der Waals surface area contributed by atoms with Crippen LogP contribution in [0, 0.1) is 11.8 Å². The summed E-state index contributed by atoms with van der Waals surface area (Å²) in [5, 5.41) is 0. The fraction of sp³-hybridized carbons (Fsp3) is 0.625. The number of hydrogen-bond acceptors (Lipinski definition) is 3. The maximum absolute atomic E-state index is 5.82. The predicted molar refractivity (Wildman–Crippen MR) is 78.8 cm³/mol. The normalized spacial score (nSPS) is 25.0. The molecule has 0 radical (unpaired) electrons. The van der Waals surface area contributed by atoms with Crippen LogP contribution in [0.15, 0.2) is 24.3 Å². The summed E-state index contributed by atoms with van der Waals surface area (Å²) in [4.78, 5) is 0. The molecule has 1 fully saturated rings. The molecule has 0 amide bonds. The largest absolute Gasteiger partial charge is 0.496 e. The van der Waals surface area contributed by atoms with Crippen LogP contribution in [0.3, 0.4) is 0 Å². The summed E-state index contributed by atoms with van der Waals surface area (Å²) in [5.74, 6) is 8.28. The minimum absolute atomic E-state index is 0.203. The molecule has 0 saturated heterocycles. The first kappa shape index (κ1) is 14.4. The molecule has 1 aliphatic rings. The van der Waals surface area contributed by atoms with E-state index in [9.17, 15) is 0 Å². The van der Waals surface area contributed by atoms with Gasteiger partial charge in [0.15, 0.2) is 0 Å². The summed E-state index contributed by atoms with van der Waals surface area (Å²) in [6, 6.07) is 8.39. The highest BCUT2D eigenvalue weighted by atomic mass is 16.5. The van der Waals surface area contributed by atoms with E-state index in [-0.39, 0.29) is 6.04 Å². The molecule has 1 aromatic carbocycles. The first-order valence-electron chi connectivity index (χ1n) is 7.39. The van der Waals surface area contributed by atoms with Crippen LogP contribution in [0.25, 0.3) is 0 Å². The molecule has 106 valence electrons. The lowest BCUT2D eigenvalue weighted by atomic mass is 9.76. The van der Waals surface area contributed by atoms with E-state index in [1.165, 1.54) is 37.7 Å². The lowest BCUT2D eigenvalue weighted by Crippen LogP contribution is -2.35. The molecule has 1 aliphatic carbocycles. The van der Waals surface area contributed by atoms with Crippen molar-refractivity contribution >= 4 is 0 Å². The zero-order valence-electron chi connectivity index (χ0n) is 12.1. The molecule has 3 nitrogen and oxygen atoms in total. The molecule has 1 saturated carbocycles. The molecular weight excluding hydrogens is 236 g/mol. The summed E-state index contributed by atoms with van der Waals surface area (Å²) in [5.41, 5.74) is 4.20. The van der Waals surface area contributed by atoms with Crippen molar-refractivity contribution in [2.24, 2.45) is 17.7 Å². The van der Waals surface area contributed by atoms with E-state index in [4.69, 9.17) is 10.6 Å². The van der Waals surface area contributed by atoms with Gasteiger partial charge in [0.2, 0.25) is 0 Å². The molecule has 2 rings (SSSR count). The highest BCUT2D eigenvalue weighted by Crippen LogP contribution is 2.39.